The van der Waals surface area contributed by atoms with Crippen LogP contribution in [0.1, 0.15) is 79.0 Å². The Morgan fingerprint density at radius 1 is 0.727 bits per heavy atom. The lowest BCUT2D eigenvalue weighted by atomic mass is 9.75. The van der Waals surface area contributed by atoms with E-state index in [2.05, 4.69) is 74.4 Å². The lowest BCUT2D eigenvalue weighted by Gasteiger charge is -2.32. The Balaban J connectivity index is 3.91. The van der Waals surface area contributed by atoms with E-state index in [-0.39, 0.29) is 24.4 Å². The van der Waals surface area contributed by atoms with Crippen LogP contribution < -0.4 is 5.30 Å². The van der Waals surface area contributed by atoms with Crippen LogP contribution in [0.25, 0.3) is 0 Å². The Hall–Kier alpha value is -0.750. The van der Waals surface area contributed by atoms with Crippen LogP contribution in [-0.4, -0.2) is 5.80 Å². The van der Waals surface area contributed by atoms with Gasteiger partial charge in [0.1, 0.15) is 0 Å². The molecule has 1 aromatic rings. The van der Waals surface area contributed by atoms with E-state index in [1.807, 2.05) is 0 Å². The van der Waals surface area contributed by atoms with Crippen molar-refractivity contribution in [3.8, 4) is 0 Å². The summed E-state index contributed by atoms with van der Waals surface area (Å²) in [6.45, 7) is 19.1. The zero-order chi connectivity index (χ0) is 17.5. The molecule has 22 heavy (non-hydrogen) atoms. The number of benzene rings is 1. The molecule has 0 saturated heterocycles. The third kappa shape index (κ3) is 4.62. The first kappa shape index (κ1) is 19.3. The van der Waals surface area contributed by atoms with Crippen LogP contribution in [0, 0.1) is 0 Å². The van der Waals surface area contributed by atoms with Crippen molar-refractivity contribution in [3.63, 3.8) is 0 Å². The maximum absolute atomic E-state index is 13.1. The third-order valence-electron chi connectivity index (χ3n) is 3.79. The predicted octanol–water partition coefficient (Wildman–Crippen LogP) is 6.18. The minimum absolute atomic E-state index is 0.00656. The molecule has 0 N–H and O–H groups in total. The molecule has 0 radical (unpaired) electrons. The molecule has 1 rings (SSSR count). The second-order valence-corrected chi connectivity index (χ2v) is 10.0. The van der Waals surface area contributed by atoms with E-state index in [0.29, 0.717) is 0 Å². The van der Waals surface area contributed by atoms with Crippen LogP contribution in [-0.2, 0) is 16.2 Å². The van der Waals surface area contributed by atoms with E-state index in [0.717, 1.165) is 16.4 Å². The summed E-state index contributed by atoms with van der Waals surface area (Å²) in [7, 11) is 0.0384. The van der Waals surface area contributed by atoms with Gasteiger partial charge in [0.05, 0.1) is 0 Å². The van der Waals surface area contributed by atoms with E-state index in [4.69, 9.17) is 0 Å². The lowest BCUT2D eigenvalue weighted by Crippen LogP contribution is -2.29. The Labute approximate surface area is 136 Å². The van der Waals surface area contributed by atoms with Crippen molar-refractivity contribution in [1.82, 2.24) is 0 Å². The summed E-state index contributed by atoms with van der Waals surface area (Å²) in [5.74, 6) is -1.54. The van der Waals surface area contributed by atoms with E-state index in [9.17, 15) is 8.78 Å². The molecule has 0 bridgehead atoms. The summed E-state index contributed by atoms with van der Waals surface area (Å²) in [6.07, 6.45) is 0. The van der Waals surface area contributed by atoms with Crippen LogP contribution in [0.2, 0.25) is 0 Å². The predicted molar refractivity (Wildman–Crippen MR) is 96.3 cm³/mol. The molecule has 1 aromatic carbocycles. The second-order valence-electron chi connectivity index (χ2n) is 9.02. The molecule has 0 unspecified atom stereocenters. The van der Waals surface area contributed by atoms with Gasteiger partial charge in [0.25, 0.3) is 5.80 Å². The van der Waals surface area contributed by atoms with Gasteiger partial charge in [0.15, 0.2) is 0 Å². The third-order valence-corrected chi connectivity index (χ3v) is 4.66. The first-order chi connectivity index (χ1) is 9.64. The van der Waals surface area contributed by atoms with Crippen molar-refractivity contribution in [2.24, 2.45) is 0 Å². The molecule has 0 aliphatic heterocycles. The van der Waals surface area contributed by atoms with Gasteiger partial charge in [0, 0.05) is 13.5 Å². The number of hydrogen-bond acceptors (Lipinski definition) is 0. The highest BCUT2D eigenvalue weighted by atomic mass is 31.1. The Morgan fingerprint density at radius 3 is 1.32 bits per heavy atom. The number of halogens is 2. The molecular formula is C19H29F2P. The van der Waals surface area contributed by atoms with E-state index in [1.165, 1.54) is 5.56 Å². The van der Waals surface area contributed by atoms with Gasteiger partial charge in [-0.05, 0) is 32.9 Å². The summed E-state index contributed by atoms with van der Waals surface area (Å²) < 4.78 is 26.2. The smallest absolute Gasteiger partial charge is 0.168 e. The maximum Gasteiger partial charge on any atom is 0.295 e. The minimum atomic E-state index is -1.54. The Morgan fingerprint density at radius 2 is 1.09 bits per heavy atom. The molecule has 0 heterocycles. The zero-order valence-electron chi connectivity index (χ0n) is 15.4. The molecule has 0 fully saturated rings. The van der Waals surface area contributed by atoms with Crippen molar-refractivity contribution in [3.05, 3.63) is 28.8 Å². The van der Waals surface area contributed by atoms with Gasteiger partial charge in [-0.1, -0.05) is 74.4 Å². The SMILES string of the molecule is CC(C)(C)c1cc(C(C)(C)C)c(P=C(F)F)c(C(C)(C)C)c1. The summed E-state index contributed by atoms with van der Waals surface area (Å²) in [6, 6.07) is 4.25. The maximum atomic E-state index is 13.1. The summed E-state index contributed by atoms with van der Waals surface area (Å²) in [4.78, 5) is 0. The highest BCUT2D eigenvalue weighted by molar-refractivity contribution is 7.48. The second kappa shape index (κ2) is 6.04. The van der Waals surface area contributed by atoms with Crippen LogP contribution >= 0.6 is 8.20 Å². The van der Waals surface area contributed by atoms with E-state index in [1.54, 1.807) is 0 Å². The highest BCUT2D eigenvalue weighted by Crippen LogP contribution is 2.35. The molecule has 0 aromatic heterocycles. The quantitative estimate of drug-likeness (QED) is 0.541. The number of hydrogen-bond donors (Lipinski definition) is 0. The fourth-order valence-corrected chi connectivity index (χ4v) is 3.63. The monoisotopic (exact) mass is 326 g/mol. The summed E-state index contributed by atoms with van der Waals surface area (Å²) in [5, 5.41) is 0.771. The molecule has 124 valence electrons. The molecule has 0 saturated carbocycles. The molecule has 0 nitrogen and oxygen atoms in total. The molecule has 0 amide bonds. The summed E-state index contributed by atoms with van der Waals surface area (Å²) in [5.41, 5.74) is 2.92. The van der Waals surface area contributed by atoms with Crippen molar-refractivity contribution < 1.29 is 8.78 Å². The van der Waals surface area contributed by atoms with Crippen molar-refractivity contribution in [2.75, 3.05) is 0 Å². The van der Waals surface area contributed by atoms with Crippen molar-refractivity contribution >= 4 is 19.3 Å². The minimum Gasteiger partial charge on any atom is -0.168 e. The van der Waals surface area contributed by atoms with Crippen molar-refractivity contribution in [2.45, 2.75) is 78.6 Å². The largest absolute Gasteiger partial charge is 0.295 e. The van der Waals surface area contributed by atoms with Gasteiger partial charge in [-0.15, -0.1) is 0 Å². The van der Waals surface area contributed by atoms with Gasteiger partial charge >= 0.3 is 0 Å². The van der Waals surface area contributed by atoms with E-state index >= 15 is 0 Å². The molecule has 0 aliphatic carbocycles. The topological polar surface area (TPSA) is 0 Å². The highest BCUT2D eigenvalue weighted by Gasteiger charge is 2.28. The van der Waals surface area contributed by atoms with Gasteiger partial charge in [-0.25, -0.2) is 0 Å². The van der Waals surface area contributed by atoms with Gasteiger partial charge < -0.3 is 0 Å². The van der Waals surface area contributed by atoms with Gasteiger partial charge in [-0.2, -0.15) is 8.78 Å². The average Bonchev–Trinajstić information content (AvgIpc) is 2.23. The molecule has 0 spiro atoms. The first-order valence-corrected chi connectivity index (χ1v) is 8.62. The van der Waals surface area contributed by atoms with Crippen LogP contribution in [0.15, 0.2) is 12.1 Å². The van der Waals surface area contributed by atoms with Crippen molar-refractivity contribution in [1.29, 1.82) is 0 Å². The van der Waals surface area contributed by atoms with Crippen LogP contribution in [0.3, 0.4) is 0 Å². The normalized spacial score (nSPS) is 13.6. The zero-order valence-corrected chi connectivity index (χ0v) is 16.3. The Kier molecular flexibility index (Phi) is 5.30. The Bertz CT molecular complexity index is 540. The van der Waals surface area contributed by atoms with Gasteiger partial charge in [-0.3, -0.25) is 0 Å². The first-order valence-electron chi connectivity index (χ1n) is 7.73. The summed E-state index contributed by atoms with van der Waals surface area (Å²) >= 11 is 0. The molecule has 0 aliphatic rings. The van der Waals surface area contributed by atoms with Gasteiger partial charge in [0.2, 0.25) is 0 Å². The fraction of sp³-hybridized carbons (Fsp3) is 0.632. The fourth-order valence-electron chi connectivity index (χ4n) is 2.42. The standard InChI is InChI=1S/C19H29F2P/c1-17(2,3)12-10-13(18(4,5)6)15(22-16(20)21)14(11-12)19(7,8)9/h10-11H,1-9H3. The van der Waals surface area contributed by atoms with E-state index < -0.39 is 5.80 Å². The number of rotatable bonds is 1. The molecular weight excluding hydrogens is 297 g/mol. The van der Waals surface area contributed by atoms with Crippen LogP contribution in [0.5, 0.6) is 0 Å². The average molecular weight is 326 g/mol. The van der Waals surface area contributed by atoms with Crippen LogP contribution in [0.4, 0.5) is 8.78 Å². The molecule has 3 heteroatoms. The molecule has 0 atom stereocenters. The lowest BCUT2D eigenvalue weighted by molar-refractivity contribution is 0.554.